The lowest BCUT2D eigenvalue weighted by molar-refractivity contribution is -0.293. The summed E-state index contributed by atoms with van der Waals surface area (Å²) in [5, 5.41) is 16.9. The molecule has 0 amide bonds. The van der Waals surface area contributed by atoms with E-state index in [9.17, 15) is 26.7 Å². The van der Waals surface area contributed by atoms with Gasteiger partial charge in [-0.25, -0.2) is 4.79 Å². The molecule has 0 spiro atoms. The summed E-state index contributed by atoms with van der Waals surface area (Å²) in [5.41, 5.74) is 0. The normalized spacial score (nSPS) is 12.7. The molecule has 0 bridgehead atoms. The standard InChI is InChI=1S/C5HF5N8O/c6-4(7,5(8,9)10)2-12-14-16-18(2)3(19)17-1-11-13-15-17/h1H. The Kier molecular flexibility index (Phi) is 2.71. The monoisotopic (exact) mass is 284 g/mol. The first-order chi connectivity index (χ1) is 8.75. The van der Waals surface area contributed by atoms with Crippen molar-refractivity contribution in [3.63, 3.8) is 0 Å². The SMILES string of the molecule is O=C(n1cnnn1)n1nnnc1C(F)(F)C(F)(F)F. The minimum absolute atomic E-state index is 0.284. The second-order valence-corrected chi connectivity index (χ2v) is 3.02. The van der Waals surface area contributed by atoms with Gasteiger partial charge in [0.05, 0.1) is 0 Å². The number of aromatic nitrogens is 8. The van der Waals surface area contributed by atoms with Crippen LogP contribution in [0, 0.1) is 0 Å². The lowest BCUT2D eigenvalue weighted by atomic mass is 10.3. The van der Waals surface area contributed by atoms with Gasteiger partial charge in [0.15, 0.2) is 0 Å². The van der Waals surface area contributed by atoms with E-state index >= 15 is 0 Å². The molecule has 0 N–H and O–H groups in total. The molecule has 2 aromatic rings. The highest BCUT2D eigenvalue weighted by molar-refractivity contribution is 5.77. The minimum Gasteiger partial charge on any atom is -0.243 e. The van der Waals surface area contributed by atoms with Crippen molar-refractivity contribution < 1.29 is 26.7 Å². The smallest absolute Gasteiger partial charge is 0.243 e. The maximum Gasteiger partial charge on any atom is 0.461 e. The molecule has 0 fully saturated rings. The molecule has 0 aliphatic rings. The van der Waals surface area contributed by atoms with Crippen LogP contribution in [-0.4, -0.2) is 52.6 Å². The average molecular weight is 284 g/mol. The quantitative estimate of drug-likeness (QED) is 0.528. The van der Waals surface area contributed by atoms with Gasteiger partial charge in [-0.05, 0) is 20.9 Å². The Bertz CT molecular complexity index is 587. The van der Waals surface area contributed by atoms with E-state index in [1.807, 2.05) is 0 Å². The summed E-state index contributed by atoms with van der Waals surface area (Å²) >= 11 is 0. The highest BCUT2D eigenvalue weighted by Crippen LogP contribution is 2.42. The molecule has 0 aliphatic carbocycles. The van der Waals surface area contributed by atoms with E-state index in [0.29, 0.717) is 6.33 Å². The molecule has 2 aromatic heterocycles. The van der Waals surface area contributed by atoms with Crippen molar-refractivity contribution in [2.75, 3.05) is 0 Å². The zero-order chi connectivity index (χ0) is 14.3. The Morgan fingerprint density at radius 2 is 1.79 bits per heavy atom. The van der Waals surface area contributed by atoms with Gasteiger partial charge in [0.2, 0.25) is 5.82 Å². The summed E-state index contributed by atoms with van der Waals surface area (Å²) in [6.07, 6.45) is -5.28. The van der Waals surface area contributed by atoms with Gasteiger partial charge < -0.3 is 0 Å². The molecular formula is C5HF5N8O. The van der Waals surface area contributed by atoms with Gasteiger partial charge in [0.25, 0.3) is 0 Å². The van der Waals surface area contributed by atoms with Crippen LogP contribution in [0.1, 0.15) is 5.82 Å². The topological polar surface area (TPSA) is 104 Å². The molecule has 14 heteroatoms. The minimum atomic E-state index is -5.96. The average Bonchev–Trinajstić information content (AvgIpc) is 2.98. The van der Waals surface area contributed by atoms with E-state index in [4.69, 9.17) is 0 Å². The Morgan fingerprint density at radius 3 is 2.32 bits per heavy atom. The Labute approximate surface area is 98.5 Å². The molecule has 102 valence electrons. The summed E-state index contributed by atoms with van der Waals surface area (Å²) in [6.45, 7) is 0. The molecule has 19 heavy (non-hydrogen) atoms. The molecule has 0 aliphatic heterocycles. The second-order valence-electron chi connectivity index (χ2n) is 3.02. The van der Waals surface area contributed by atoms with E-state index in [-0.39, 0.29) is 9.36 Å². The van der Waals surface area contributed by atoms with E-state index in [2.05, 4.69) is 31.1 Å². The van der Waals surface area contributed by atoms with E-state index in [1.54, 1.807) is 0 Å². The first kappa shape index (κ1) is 12.9. The number of nitrogens with zero attached hydrogens (tertiary/aromatic N) is 8. The molecule has 0 atom stereocenters. The van der Waals surface area contributed by atoms with Crippen LogP contribution in [0.5, 0.6) is 0 Å². The van der Waals surface area contributed by atoms with Gasteiger partial charge in [-0.3, -0.25) is 0 Å². The number of hydrogen-bond donors (Lipinski definition) is 0. The van der Waals surface area contributed by atoms with Crippen molar-refractivity contribution in [1.82, 2.24) is 40.4 Å². The van der Waals surface area contributed by atoms with Crippen LogP contribution in [-0.2, 0) is 5.92 Å². The molecular weight excluding hydrogens is 283 g/mol. The van der Waals surface area contributed by atoms with Crippen LogP contribution in [0.25, 0.3) is 0 Å². The lowest BCUT2D eigenvalue weighted by Gasteiger charge is -2.17. The van der Waals surface area contributed by atoms with Gasteiger partial charge in [0, 0.05) is 0 Å². The fourth-order valence-electron chi connectivity index (χ4n) is 0.984. The third kappa shape index (κ3) is 2.00. The highest BCUT2D eigenvalue weighted by atomic mass is 19.4. The predicted octanol–water partition coefficient (Wildman–Crippen LogP) is -0.170. The summed E-state index contributed by atoms with van der Waals surface area (Å²) < 4.78 is 62.6. The van der Waals surface area contributed by atoms with Crippen molar-refractivity contribution in [2.24, 2.45) is 0 Å². The number of carbonyl (C=O) groups is 1. The van der Waals surface area contributed by atoms with Crippen LogP contribution >= 0.6 is 0 Å². The van der Waals surface area contributed by atoms with E-state index in [0.717, 1.165) is 0 Å². The van der Waals surface area contributed by atoms with Gasteiger partial charge in [0.1, 0.15) is 6.33 Å². The Hall–Kier alpha value is -2.54. The van der Waals surface area contributed by atoms with Crippen molar-refractivity contribution in [1.29, 1.82) is 0 Å². The molecule has 0 unspecified atom stereocenters. The summed E-state index contributed by atoms with van der Waals surface area (Å²) in [5.74, 6) is -7.39. The van der Waals surface area contributed by atoms with Crippen molar-refractivity contribution in [2.45, 2.75) is 12.1 Å². The van der Waals surface area contributed by atoms with Crippen molar-refractivity contribution >= 4 is 6.03 Å². The second kappa shape index (κ2) is 3.99. The number of rotatable bonds is 1. The number of halogens is 5. The van der Waals surface area contributed by atoms with Crippen LogP contribution in [0.15, 0.2) is 6.33 Å². The van der Waals surface area contributed by atoms with E-state index in [1.165, 1.54) is 0 Å². The molecule has 9 nitrogen and oxygen atoms in total. The van der Waals surface area contributed by atoms with E-state index < -0.39 is 24.0 Å². The zero-order valence-electron chi connectivity index (χ0n) is 8.45. The predicted molar refractivity (Wildman–Crippen MR) is 41.8 cm³/mol. The zero-order valence-corrected chi connectivity index (χ0v) is 8.45. The van der Waals surface area contributed by atoms with Gasteiger partial charge >= 0.3 is 18.1 Å². The number of carbonyl (C=O) groups excluding carboxylic acids is 1. The lowest BCUT2D eigenvalue weighted by Crippen LogP contribution is -2.38. The van der Waals surface area contributed by atoms with Crippen LogP contribution in [0.3, 0.4) is 0 Å². The maximum absolute atomic E-state index is 13.1. The number of hydrogen-bond acceptors (Lipinski definition) is 7. The number of alkyl halides is 5. The fourth-order valence-corrected chi connectivity index (χ4v) is 0.984. The fraction of sp³-hybridized carbons (Fsp3) is 0.400. The van der Waals surface area contributed by atoms with Crippen molar-refractivity contribution in [3.05, 3.63) is 12.2 Å². The molecule has 0 aromatic carbocycles. The van der Waals surface area contributed by atoms with Crippen LogP contribution in [0.2, 0.25) is 0 Å². The summed E-state index contributed by atoms with van der Waals surface area (Å²) in [4.78, 5) is 11.5. The van der Waals surface area contributed by atoms with Crippen LogP contribution < -0.4 is 0 Å². The van der Waals surface area contributed by atoms with Gasteiger partial charge in [-0.15, -0.1) is 19.6 Å². The third-order valence-corrected chi connectivity index (χ3v) is 1.83. The highest BCUT2D eigenvalue weighted by Gasteiger charge is 2.63. The van der Waals surface area contributed by atoms with Crippen LogP contribution in [0.4, 0.5) is 26.7 Å². The van der Waals surface area contributed by atoms with Gasteiger partial charge in [-0.1, -0.05) is 0 Å². The number of tetrazole rings is 2. The Balaban J connectivity index is 2.47. The van der Waals surface area contributed by atoms with Gasteiger partial charge in [-0.2, -0.15) is 22.0 Å². The maximum atomic E-state index is 13.1. The largest absolute Gasteiger partial charge is 0.461 e. The molecule has 0 radical (unpaired) electrons. The first-order valence-electron chi connectivity index (χ1n) is 4.26. The Morgan fingerprint density at radius 1 is 1.11 bits per heavy atom. The first-order valence-corrected chi connectivity index (χ1v) is 4.26. The molecule has 0 saturated carbocycles. The third-order valence-electron chi connectivity index (χ3n) is 1.83. The summed E-state index contributed by atoms with van der Waals surface area (Å²) in [6, 6.07) is -1.49. The van der Waals surface area contributed by atoms with Crippen molar-refractivity contribution in [3.8, 4) is 0 Å². The molecule has 2 heterocycles. The summed E-state index contributed by atoms with van der Waals surface area (Å²) in [7, 11) is 0. The molecule has 0 saturated heterocycles. The molecule has 2 rings (SSSR count).